The van der Waals surface area contributed by atoms with Crippen LogP contribution in [0.4, 0.5) is 4.79 Å². The quantitative estimate of drug-likeness (QED) is 0.0876. The highest BCUT2D eigenvalue weighted by molar-refractivity contribution is 8.03. The Balaban J connectivity index is 3.82. The standard InChI is InChI=1S/C18H36N4O10S2/c1-6-17(23)31-8-7-19-18(24)20-14(2)11-29-9-10-30-13-16(4)32-12-15(3)21-34(27,28)22-33(5,25)26/h6,14-16,21-22H,1,7-13H2,2-5H3,(H2,19,20,24). The number of hydrogen-bond donors (Lipinski definition) is 4. The van der Waals surface area contributed by atoms with Gasteiger partial charge in [0.25, 0.3) is 10.2 Å². The molecule has 0 rings (SSSR count). The van der Waals surface area contributed by atoms with E-state index < -0.39 is 38.3 Å². The highest BCUT2D eigenvalue weighted by atomic mass is 32.3. The molecule has 0 spiro atoms. The number of rotatable bonds is 19. The SMILES string of the molecule is C=CC(=O)OCCNC(=O)NC(C)COCCOCC(C)OCC(C)NS(=O)(=O)NS(C)(=O)=O. The Labute approximate surface area is 201 Å². The molecule has 0 aliphatic rings. The minimum atomic E-state index is -4.21. The Morgan fingerprint density at radius 3 is 2.15 bits per heavy atom. The van der Waals surface area contributed by atoms with Crippen molar-refractivity contribution in [1.29, 1.82) is 0 Å². The van der Waals surface area contributed by atoms with Gasteiger partial charge in [0.2, 0.25) is 10.0 Å². The lowest BCUT2D eigenvalue weighted by molar-refractivity contribution is -0.137. The highest BCUT2D eigenvalue weighted by Crippen LogP contribution is 1.97. The van der Waals surface area contributed by atoms with Crippen LogP contribution in [0.15, 0.2) is 12.7 Å². The fourth-order valence-corrected chi connectivity index (χ4v) is 4.58. The van der Waals surface area contributed by atoms with Crippen molar-refractivity contribution in [2.45, 2.75) is 39.0 Å². The average molecular weight is 533 g/mol. The number of esters is 1. The van der Waals surface area contributed by atoms with Crippen molar-refractivity contribution in [2.75, 3.05) is 52.4 Å². The van der Waals surface area contributed by atoms with E-state index in [-0.39, 0.29) is 58.3 Å². The Hall–Kier alpha value is -1.82. The molecule has 16 heteroatoms. The van der Waals surface area contributed by atoms with E-state index in [2.05, 4.69) is 21.9 Å². The van der Waals surface area contributed by atoms with Gasteiger partial charge < -0.3 is 29.6 Å². The Bertz CT molecular complexity index is 836. The van der Waals surface area contributed by atoms with Crippen molar-refractivity contribution in [3.05, 3.63) is 12.7 Å². The molecule has 0 bridgehead atoms. The van der Waals surface area contributed by atoms with Gasteiger partial charge in [0.05, 0.1) is 58.0 Å². The molecule has 0 radical (unpaired) electrons. The van der Waals surface area contributed by atoms with Gasteiger partial charge in [-0.25, -0.2) is 18.0 Å². The van der Waals surface area contributed by atoms with E-state index in [1.54, 1.807) is 13.8 Å². The van der Waals surface area contributed by atoms with Crippen molar-refractivity contribution < 1.29 is 45.4 Å². The molecule has 4 N–H and O–H groups in total. The molecule has 0 aromatic carbocycles. The van der Waals surface area contributed by atoms with E-state index in [0.29, 0.717) is 0 Å². The molecule has 0 saturated carbocycles. The zero-order chi connectivity index (χ0) is 26.2. The van der Waals surface area contributed by atoms with Crippen LogP contribution >= 0.6 is 0 Å². The van der Waals surface area contributed by atoms with Crippen LogP contribution in [0.3, 0.4) is 0 Å². The Kier molecular flexibility index (Phi) is 15.9. The number of carbonyl (C=O) groups excluding carboxylic acids is 2. The van der Waals surface area contributed by atoms with Gasteiger partial charge in [-0.1, -0.05) is 10.7 Å². The Morgan fingerprint density at radius 1 is 0.941 bits per heavy atom. The molecule has 3 unspecified atom stereocenters. The second kappa shape index (κ2) is 16.7. The van der Waals surface area contributed by atoms with Crippen LogP contribution in [0.5, 0.6) is 0 Å². The molecular weight excluding hydrogens is 496 g/mol. The smallest absolute Gasteiger partial charge is 0.330 e. The van der Waals surface area contributed by atoms with Crippen molar-refractivity contribution in [3.63, 3.8) is 0 Å². The summed E-state index contributed by atoms with van der Waals surface area (Å²) in [6, 6.07) is -1.35. The van der Waals surface area contributed by atoms with Gasteiger partial charge in [0, 0.05) is 12.1 Å². The minimum absolute atomic E-state index is 0.00757. The topological polar surface area (TPSA) is 187 Å². The zero-order valence-corrected chi connectivity index (χ0v) is 21.5. The van der Waals surface area contributed by atoms with Crippen molar-refractivity contribution >= 4 is 32.2 Å². The minimum Gasteiger partial charge on any atom is -0.461 e. The second-order valence-corrected chi connectivity index (χ2v) is 10.8. The first-order valence-corrected chi connectivity index (χ1v) is 13.7. The highest BCUT2D eigenvalue weighted by Gasteiger charge is 2.19. The molecule has 0 fully saturated rings. The maximum absolute atomic E-state index is 11.7. The first-order valence-electron chi connectivity index (χ1n) is 10.4. The fourth-order valence-electron chi connectivity index (χ4n) is 2.20. The molecule has 0 aliphatic heterocycles. The Morgan fingerprint density at radius 2 is 1.56 bits per heavy atom. The van der Waals surface area contributed by atoms with Gasteiger partial charge in [-0.05, 0) is 20.8 Å². The van der Waals surface area contributed by atoms with Crippen LogP contribution in [-0.2, 0) is 44.0 Å². The summed E-state index contributed by atoms with van der Waals surface area (Å²) in [6.45, 7) is 9.54. The maximum Gasteiger partial charge on any atom is 0.330 e. The third-order valence-corrected chi connectivity index (χ3v) is 6.32. The molecule has 0 aromatic heterocycles. The van der Waals surface area contributed by atoms with Crippen molar-refractivity contribution in [3.8, 4) is 0 Å². The molecule has 2 amide bonds. The first kappa shape index (κ1) is 32.2. The normalized spacial score (nSPS) is 14.6. The van der Waals surface area contributed by atoms with E-state index in [9.17, 15) is 26.4 Å². The number of urea groups is 1. The number of sulfonamides is 1. The van der Waals surface area contributed by atoms with Gasteiger partial charge >= 0.3 is 12.0 Å². The third kappa shape index (κ3) is 19.6. The summed E-state index contributed by atoms with van der Waals surface area (Å²) < 4.78 is 70.0. The first-order chi connectivity index (χ1) is 15.7. The van der Waals surface area contributed by atoms with Crippen LogP contribution in [0.1, 0.15) is 20.8 Å². The third-order valence-electron chi connectivity index (χ3n) is 3.52. The van der Waals surface area contributed by atoms with Crippen LogP contribution in [0.2, 0.25) is 0 Å². The van der Waals surface area contributed by atoms with Crippen molar-refractivity contribution in [1.82, 2.24) is 19.5 Å². The molecule has 34 heavy (non-hydrogen) atoms. The predicted octanol–water partition coefficient (Wildman–Crippen LogP) is -1.39. The number of hydrogen-bond acceptors (Lipinski definition) is 10. The number of amides is 2. The maximum atomic E-state index is 11.7. The van der Waals surface area contributed by atoms with Crippen molar-refractivity contribution in [2.24, 2.45) is 0 Å². The zero-order valence-electron chi connectivity index (χ0n) is 19.9. The number of ether oxygens (including phenoxy) is 4. The average Bonchev–Trinajstić information content (AvgIpc) is 2.69. The lowest BCUT2D eigenvalue weighted by Crippen LogP contribution is -2.45. The summed E-state index contributed by atoms with van der Waals surface area (Å²) in [5, 5.41) is 5.20. The fraction of sp³-hybridized carbons (Fsp3) is 0.778. The summed E-state index contributed by atoms with van der Waals surface area (Å²) >= 11 is 0. The predicted molar refractivity (Wildman–Crippen MR) is 124 cm³/mol. The summed E-state index contributed by atoms with van der Waals surface area (Å²) in [5.41, 5.74) is 0. The van der Waals surface area contributed by atoms with E-state index in [1.165, 1.54) is 11.1 Å². The molecule has 3 atom stereocenters. The molecule has 14 nitrogen and oxygen atoms in total. The monoisotopic (exact) mass is 532 g/mol. The summed E-state index contributed by atoms with van der Waals surface area (Å²) in [4.78, 5) is 22.5. The molecule has 0 aliphatic carbocycles. The lowest BCUT2D eigenvalue weighted by Gasteiger charge is -2.18. The van der Waals surface area contributed by atoms with Gasteiger partial charge in [0.1, 0.15) is 6.61 Å². The van der Waals surface area contributed by atoms with Crippen LogP contribution in [-0.4, -0.2) is 99.5 Å². The van der Waals surface area contributed by atoms with Crippen LogP contribution in [0.25, 0.3) is 0 Å². The van der Waals surface area contributed by atoms with Gasteiger partial charge in [0.15, 0.2) is 0 Å². The van der Waals surface area contributed by atoms with E-state index in [0.717, 1.165) is 12.3 Å². The second-order valence-electron chi connectivity index (χ2n) is 7.34. The van der Waals surface area contributed by atoms with Crippen LogP contribution in [0, 0.1) is 0 Å². The summed E-state index contributed by atoms with van der Waals surface area (Å²) in [5.74, 6) is -0.561. The molecule has 0 aromatic rings. The molecular formula is C18H36N4O10S2. The molecule has 0 heterocycles. The van der Waals surface area contributed by atoms with Gasteiger partial charge in [-0.3, -0.25) is 0 Å². The summed E-state index contributed by atoms with van der Waals surface area (Å²) in [6.07, 6.45) is 1.43. The number of carbonyl (C=O) groups is 2. The molecule has 0 saturated heterocycles. The largest absolute Gasteiger partial charge is 0.461 e. The van der Waals surface area contributed by atoms with E-state index in [4.69, 9.17) is 18.9 Å². The van der Waals surface area contributed by atoms with Gasteiger partial charge in [-0.2, -0.15) is 13.1 Å². The van der Waals surface area contributed by atoms with E-state index >= 15 is 0 Å². The summed E-state index contributed by atoms with van der Waals surface area (Å²) in [7, 11) is -8.12. The lowest BCUT2D eigenvalue weighted by atomic mass is 10.4. The number of nitrogens with one attached hydrogen (secondary N) is 4. The van der Waals surface area contributed by atoms with Crippen LogP contribution < -0.4 is 19.5 Å². The van der Waals surface area contributed by atoms with E-state index in [1.807, 2.05) is 0 Å². The molecule has 200 valence electrons. The van der Waals surface area contributed by atoms with Gasteiger partial charge in [-0.15, -0.1) is 0 Å².